The Kier molecular flexibility index (Phi) is 7.67. The average Bonchev–Trinajstić information content (AvgIpc) is 3.16. The Balaban J connectivity index is 1.90. The highest BCUT2D eigenvalue weighted by atomic mass is 16.5. The second-order valence-corrected chi connectivity index (χ2v) is 8.22. The first-order valence-electron chi connectivity index (χ1n) is 12.1. The zero-order valence-electron chi connectivity index (χ0n) is 20.9. The molecule has 1 heterocycles. The van der Waals surface area contributed by atoms with Crippen LogP contribution in [0, 0.1) is 0 Å². The number of phenolic OH excluding ortho intramolecular Hbond substituents is 1. The Bertz CT molecular complexity index is 1330. The van der Waals surface area contributed by atoms with Gasteiger partial charge < -0.3 is 24.4 Å². The lowest BCUT2D eigenvalue weighted by atomic mass is 9.95. The number of amides is 1. The summed E-state index contributed by atoms with van der Waals surface area (Å²) in [5.41, 5.74) is 1.20. The van der Waals surface area contributed by atoms with E-state index < -0.39 is 17.7 Å². The van der Waals surface area contributed by atoms with Crippen molar-refractivity contribution in [2.75, 3.05) is 24.7 Å². The third-order valence-corrected chi connectivity index (χ3v) is 5.88. The summed E-state index contributed by atoms with van der Waals surface area (Å²) in [6.45, 7) is 6.77. The zero-order chi connectivity index (χ0) is 26.5. The molecule has 37 heavy (non-hydrogen) atoms. The third kappa shape index (κ3) is 5.09. The summed E-state index contributed by atoms with van der Waals surface area (Å²) in [7, 11) is 0. The molecule has 1 unspecified atom stereocenters. The van der Waals surface area contributed by atoms with E-state index in [0.29, 0.717) is 53.9 Å². The number of anilines is 1. The molecule has 2 N–H and O–H groups in total. The van der Waals surface area contributed by atoms with Crippen molar-refractivity contribution in [3.63, 3.8) is 0 Å². The molecule has 3 aromatic carbocycles. The van der Waals surface area contributed by atoms with E-state index in [0.717, 1.165) is 0 Å². The van der Waals surface area contributed by atoms with Crippen molar-refractivity contribution < 1.29 is 34.0 Å². The second-order valence-electron chi connectivity index (χ2n) is 8.22. The zero-order valence-corrected chi connectivity index (χ0v) is 20.9. The first kappa shape index (κ1) is 25.6. The second kappa shape index (κ2) is 11.1. The van der Waals surface area contributed by atoms with E-state index in [1.807, 2.05) is 20.8 Å². The van der Waals surface area contributed by atoms with Crippen molar-refractivity contribution in [2.45, 2.75) is 26.8 Å². The summed E-state index contributed by atoms with van der Waals surface area (Å²) >= 11 is 0. The maximum absolute atomic E-state index is 13.4. The summed E-state index contributed by atoms with van der Waals surface area (Å²) in [4.78, 5) is 28.2. The fourth-order valence-corrected chi connectivity index (χ4v) is 4.32. The van der Waals surface area contributed by atoms with Crippen molar-refractivity contribution in [3.05, 3.63) is 83.4 Å². The van der Waals surface area contributed by atoms with E-state index in [-0.39, 0.29) is 17.1 Å². The standard InChI is InChI=1S/C29H29NO7/c1-4-35-22-9-7-8-19(16-22)27(32)25-26(18-10-13-21(31)14-11-18)30(29(34)28(25)33)20-12-15-23(36-5-2)24(17-20)37-6-3/h7-17,26,31-32H,4-6H2,1-3H3/b27-25+. The molecular weight excluding hydrogens is 474 g/mol. The Morgan fingerprint density at radius 2 is 1.51 bits per heavy atom. The molecule has 1 aliphatic heterocycles. The van der Waals surface area contributed by atoms with Crippen LogP contribution in [0.2, 0.25) is 0 Å². The van der Waals surface area contributed by atoms with E-state index in [1.54, 1.807) is 54.6 Å². The molecule has 1 atom stereocenters. The number of aromatic hydroxyl groups is 1. The number of aliphatic hydroxyl groups is 1. The van der Waals surface area contributed by atoms with Crippen LogP contribution in [-0.2, 0) is 9.59 Å². The first-order valence-corrected chi connectivity index (χ1v) is 12.1. The number of phenols is 1. The Labute approximate surface area is 215 Å². The van der Waals surface area contributed by atoms with Gasteiger partial charge in [0.15, 0.2) is 11.5 Å². The van der Waals surface area contributed by atoms with Crippen LogP contribution in [0.25, 0.3) is 5.76 Å². The highest BCUT2D eigenvalue weighted by Gasteiger charge is 2.47. The number of aliphatic hydroxyl groups excluding tert-OH is 1. The van der Waals surface area contributed by atoms with E-state index in [1.165, 1.54) is 17.0 Å². The van der Waals surface area contributed by atoms with Gasteiger partial charge in [0.25, 0.3) is 11.7 Å². The summed E-state index contributed by atoms with van der Waals surface area (Å²) in [5.74, 6) is -0.455. The maximum Gasteiger partial charge on any atom is 0.300 e. The van der Waals surface area contributed by atoms with Crippen molar-refractivity contribution in [3.8, 4) is 23.0 Å². The maximum atomic E-state index is 13.4. The van der Waals surface area contributed by atoms with Crippen LogP contribution in [-0.4, -0.2) is 41.7 Å². The number of nitrogens with zero attached hydrogens (tertiary/aromatic N) is 1. The van der Waals surface area contributed by atoms with Crippen LogP contribution >= 0.6 is 0 Å². The Hall–Kier alpha value is -4.46. The lowest BCUT2D eigenvalue weighted by Crippen LogP contribution is -2.29. The summed E-state index contributed by atoms with van der Waals surface area (Å²) < 4.78 is 16.9. The van der Waals surface area contributed by atoms with Gasteiger partial charge in [0.05, 0.1) is 31.4 Å². The molecule has 1 amide bonds. The number of hydrogen-bond donors (Lipinski definition) is 2. The van der Waals surface area contributed by atoms with Gasteiger partial charge in [-0.1, -0.05) is 24.3 Å². The van der Waals surface area contributed by atoms with Gasteiger partial charge in [-0.3, -0.25) is 14.5 Å². The minimum Gasteiger partial charge on any atom is -0.508 e. The van der Waals surface area contributed by atoms with Gasteiger partial charge in [-0.25, -0.2) is 0 Å². The highest BCUT2D eigenvalue weighted by Crippen LogP contribution is 2.44. The number of benzene rings is 3. The van der Waals surface area contributed by atoms with Gasteiger partial charge in [-0.2, -0.15) is 0 Å². The molecule has 0 spiro atoms. The number of carbonyl (C=O) groups is 2. The van der Waals surface area contributed by atoms with E-state index in [4.69, 9.17) is 14.2 Å². The first-order chi connectivity index (χ1) is 17.9. The Morgan fingerprint density at radius 3 is 2.19 bits per heavy atom. The van der Waals surface area contributed by atoms with Crippen molar-refractivity contribution in [1.29, 1.82) is 0 Å². The van der Waals surface area contributed by atoms with Gasteiger partial charge in [0.1, 0.15) is 17.3 Å². The van der Waals surface area contributed by atoms with Crippen LogP contribution in [0.1, 0.15) is 37.9 Å². The molecule has 0 aromatic heterocycles. The topological polar surface area (TPSA) is 106 Å². The minimum absolute atomic E-state index is 0.0322. The number of hydrogen-bond acceptors (Lipinski definition) is 7. The summed E-state index contributed by atoms with van der Waals surface area (Å²) in [6, 6.07) is 16.9. The van der Waals surface area contributed by atoms with Crippen molar-refractivity contribution in [2.24, 2.45) is 0 Å². The molecule has 3 aromatic rings. The van der Waals surface area contributed by atoms with Crippen LogP contribution in [0.5, 0.6) is 23.0 Å². The molecule has 1 fully saturated rings. The molecule has 1 aliphatic rings. The molecule has 0 bridgehead atoms. The van der Waals surface area contributed by atoms with Gasteiger partial charge >= 0.3 is 0 Å². The molecule has 8 heteroatoms. The molecular formula is C29H29NO7. The largest absolute Gasteiger partial charge is 0.508 e. The number of Topliss-reactive ketones (excluding diaryl/α,β-unsaturated/α-hetero) is 1. The number of rotatable bonds is 9. The summed E-state index contributed by atoms with van der Waals surface area (Å²) in [5, 5.41) is 21.2. The van der Waals surface area contributed by atoms with Gasteiger partial charge in [-0.05, 0) is 62.7 Å². The number of ketones is 1. The molecule has 192 valence electrons. The van der Waals surface area contributed by atoms with Crippen LogP contribution in [0.15, 0.2) is 72.3 Å². The molecule has 8 nitrogen and oxygen atoms in total. The predicted octanol–water partition coefficient (Wildman–Crippen LogP) is 5.21. The lowest BCUT2D eigenvalue weighted by Gasteiger charge is -2.26. The van der Waals surface area contributed by atoms with Crippen LogP contribution in [0.3, 0.4) is 0 Å². The molecule has 0 aliphatic carbocycles. The fourth-order valence-electron chi connectivity index (χ4n) is 4.32. The quantitative estimate of drug-likeness (QED) is 0.234. The fraction of sp³-hybridized carbons (Fsp3) is 0.241. The number of carbonyl (C=O) groups excluding carboxylic acids is 2. The monoisotopic (exact) mass is 503 g/mol. The van der Waals surface area contributed by atoms with E-state index in [9.17, 15) is 19.8 Å². The van der Waals surface area contributed by atoms with Crippen LogP contribution < -0.4 is 19.1 Å². The van der Waals surface area contributed by atoms with Crippen molar-refractivity contribution in [1.82, 2.24) is 0 Å². The van der Waals surface area contributed by atoms with Gasteiger partial charge in [0.2, 0.25) is 0 Å². The third-order valence-electron chi connectivity index (χ3n) is 5.88. The minimum atomic E-state index is -0.955. The van der Waals surface area contributed by atoms with Crippen molar-refractivity contribution >= 4 is 23.1 Å². The molecule has 1 saturated heterocycles. The Morgan fingerprint density at radius 1 is 0.838 bits per heavy atom. The molecule has 0 radical (unpaired) electrons. The highest BCUT2D eigenvalue weighted by molar-refractivity contribution is 6.51. The molecule has 0 saturated carbocycles. The average molecular weight is 504 g/mol. The SMILES string of the molecule is CCOc1cccc(/C(O)=C2\C(=O)C(=O)N(c3ccc(OCC)c(OCC)c3)C2c2ccc(O)cc2)c1. The van der Waals surface area contributed by atoms with E-state index in [2.05, 4.69) is 0 Å². The molecule has 4 rings (SSSR count). The van der Waals surface area contributed by atoms with Gasteiger partial charge in [-0.15, -0.1) is 0 Å². The van der Waals surface area contributed by atoms with E-state index >= 15 is 0 Å². The smallest absolute Gasteiger partial charge is 0.300 e. The number of ether oxygens (including phenoxy) is 3. The van der Waals surface area contributed by atoms with Crippen LogP contribution in [0.4, 0.5) is 5.69 Å². The van der Waals surface area contributed by atoms with Gasteiger partial charge in [0, 0.05) is 17.3 Å². The normalized spacial score (nSPS) is 16.6. The summed E-state index contributed by atoms with van der Waals surface area (Å²) in [6.07, 6.45) is 0. The predicted molar refractivity (Wildman–Crippen MR) is 139 cm³/mol. The lowest BCUT2D eigenvalue weighted by molar-refractivity contribution is -0.132.